The first-order chi connectivity index (χ1) is 17.8. The minimum atomic E-state index is -0.799. The van der Waals surface area contributed by atoms with E-state index in [1.807, 2.05) is 50.5 Å². The van der Waals surface area contributed by atoms with Crippen molar-refractivity contribution in [2.24, 2.45) is 5.92 Å². The van der Waals surface area contributed by atoms with E-state index >= 15 is 0 Å². The second-order valence-electron chi connectivity index (χ2n) is 9.44. The Morgan fingerprint density at radius 3 is 2.70 bits per heavy atom. The van der Waals surface area contributed by atoms with Crippen molar-refractivity contribution in [2.45, 2.75) is 51.8 Å². The molecule has 0 radical (unpaired) electrons. The summed E-state index contributed by atoms with van der Waals surface area (Å²) in [5.74, 6) is -1.02. The quantitative estimate of drug-likeness (QED) is 0.365. The van der Waals surface area contributed by atoms with E-state index in [1.165, 1.54) is 11.0 Å². The van der Waals surface area contributed by atoms with Crippen LogP contribution in [-0.2, 0) is 16.1 Å². The fraction of sp³-hybridized carbons (Fsp3) is 0.462. The van der Waals surface area contributed by atoms with Crippen molar-refractivity contribution in [3.05, 3.63) is 52.9 Å². The van der Waals surface area contributed by atoms with Crippen molar-refractivity contribution in [1.82, 2.24) is 20.4 Å². The molecule has 3 N–H and O–H groups in total. The zero-order chi connectivity index (χ0) is 26.5. The van der Waals surface area contributed by atoms with E-state index < -0.39 is 18.1 Å². The Bertz CT molecular complexity index is 1210. The predicted octanol–water partition coefficient (Wildman–Crippen LogP) is 2.50. The van der Waals surface area contributed by atoms with Gasteiger partial charge in [0.05, 0.1) is 28.8 Å². The number of aliphatic hydroxyl groups excluding tert-OH is 2. The lowest BCUT2D eigenvalue weighted by atomic mass is 9.91. The lowest BCUT2D eigenvalue weighted by Gasteiger charge is -2.28. The number of aromatic nitrogens is 2. The highest BCUT2D eigenvalue weighted by molar-refractivity contribution is 7.13. The zero-order valence-corrected chi connectivity index (χ0v) is 21.9. The molecule has 11 heteroatoms. The van der Waals surface area contributed by atoms with Gasteiger partial charge in [0, 0.05) is 25.6 Å². The Labute approximate surface area is 219 Å². The number of aryl methyl sites for hydroxylation is 1. The molecule has 3 heterocycles. The van der Waals surface area contributed by atoms with Gasteiger partial charge in [-0.3, -0.25) is 9.59 Å². The Kier molecular flexibility index (Phi) is 8.57. The van der Waals surface area contributed by atoms with Crippen molar-refractivity contribution in [3.63, 3.8) is 0 Å². The zero-order valence-electron chi connectivity index (χ0n) is 21.1. The van der Waals surface area contributed by atoms with Crippen molar-refractivity contribution in [1.29, 1.82) is 0 Å². The molecule has 2 amide bonds. The second kappa shape index (κ2) is 11.8. The molecule has 0 bridgehead atoms. The molecule has 0 spiro atoms. The van der Waals surface area contributed by atoms with Crippen LogP contribution in [0.25, 0.3) is 10.4 Å². The standard InChI is InChI=1S/C26H32N4O6S/c1-15(2)23(21-11-22(29-36-21)35-9-8-31)26(34)30-13-19(32)10-20(30)25(33)27-12-17-4-6-18(7-5-17)24-16(3)28-14-37-24/h4-7,11,14-15,19-20,23,31-32H,8-10,12-13H2,1-3H3,(H,27,33)/t19-,20+,23?/m1/s1. The number of amides is 2. The molecule has 4 rings (SSSR count). The lowest BCUT2D eigenvalue weighted by Crippen LogP contribution is -2.48. The average molecular weight is 529 g/mol. The van der Waals surface area contributed by atoms with Gasteiger partial charge in [-0.15, -0.1) is 11.3 Å². The number of ether oxygens (including phenoxy) is 1. The predicted molar refractivity (Wildman–Crippen MR) is 137 cm³/mol. The van der Waals surface area contributed by atoms with Crippen LogP contribution >= 0.6 is 11.3 Å². The minimum absolute atomic E-state index is 0.0560. The molecule has 0 aliphatic carbocycles. The first-order valence-electron chi connectivity index (χ1n) is 12.2. The molecule has 1 saturated heterocycles. The summed E-state index contributed by atoms with van der Waals surface area (Å²) >= 11 is 1.58. The van der Waals surface area contributed by atoms with Crippen LogP contribution in [0.4, 0.5) is 0 Å². The summed E-state index contributed by atoms with van der Waals surface area (Å²) in [6.07, 6.45) is -0.639. The van der Waals surface area contributed by atoms with Gasteiger partial charge in [-0.1, -0.05) is 38.1 Å². The van der Waals surface area contributed by atoms with Crippen LogP contribution in [0.5, 0.6) is 5.88 Å². The first kappa shape index (κ1) is 26.8. The highest BCUT2D eigenvalue weighted by atomic mass is 32.1. The third-order valence-corrected chi connectivity index (χ3v) is 7.36. The maximum atomic E-state index is 13.6. The molecule has 37 heavy (non-hydrogen) atoms. The van der Waals surface area contributed by atoms with Gasteiger partial charge in [0.1, 0.15) is 18.6 Å². The minimum Gasteiger partial charge on any atom is -0.473 e. The topological polar surface area (TPSA) is 138 Å². The number of aliphatic hydroxyl groups is 2. The Morgan fingerprint density at radius 1 is 1.30 bits per heavy atom. The van der Waals surface area contributed by atoms with Gasteiger partial charge < -0.3 is 29.7 Å². The number of hydrogen-bond donors (Lipinski definition) is 3. The van der Waals surface area contributed by atoms with Crippen LogP contribution in [0, 0.1) is 12.8 Å². The summed E-state index contributed by atoms with van der Waals surface area (Å²) in [5.41, 5.74) is 4.79. The number of thiazole rings is 1. The average Bonchev–Trinajstić information content (AvgIpc) is 3.61. The number of benzene rings is 1. The van der Waals surface area contributed by atoms with E-state index in [9.17, 15) is 14.7 Å². The van der Waals surface area contributed by atoms with Crippen molar-refractivity contribution < 1.29 is 29.1 Å². The molecule has 1 aromatic carbocycles. The fourth-order valence-electron chi connectivity index (χ4n) is 4.52. The summed E-state index contributed by atoms with van der Waals surface area (Å²) in [7, 11) is 0. The monoisotopic (exact) mass is 528 g/mol. The third kappa shape index (κ3) is 6.17. The summed E-state index contributed by atoms with van der Waals surface area (Å²) in [6.45, 7) is 5.96. The number of hydrogen-bond acceptors (Lipinski definition) is 9. The first-order valence-corrected chi connectivity index (χ1v) is 13.1. The molecular weight excluding hydrogens is 496 g/mol. The molecule has 0 saturated carbocycles. The van der Waals surface area contributed by atoms with Gasteiger partial charge in [-0.05, 0) is 29.1 Å². The third-order valence-electron chi connectivity index (χ3n) is 6.38. The van der Waals surface area contributed by atoms with Gasteiger partial charge >= 0.3 is 0 Å². The van der Waals surface area contributed by atoms with Crippen LogP contribution in [0.3, 0.4) is 0 Å². The fourth-order valence-corrected chi connectivity index (χ4v) is 5.33. The van der Waals surface area contributed by atoms with E-state index in [2.05, 4.69) is 15.5 Å². The van der Waals surface area contributed by atoms with Crippen LogP contribution in [0.2, 0.25) is 0 Å². The van der Waals surface area contributed by atoms with Crippen LogP contribution in [-0.4, -0.2) is 69.0 Å². The highest BCUT2D eigenvalue weighted by Crippen LogP contribution is 2.32. The van der Waals surface area contributed by atoms with Gasteiger partial charge in [0.2, 0.25) is 11.8 Å². The molecule has 3 atom stereocenters. The van der Waals surface area contributed by atoms with Gasteiger partial charge in [-0.25, -0.2) is 4.98 Å². The summed E-state index contributed by atoms with van der Waals surface area (Å²) in [6, 6.07) is 8.64. The maximum Gasteiger partial charge on any atom is 0.254 e. The maximum absolute atomic E-state index is 13.6. The number of carbonyl (C=O) groups is 2. The molecule has 1 fully saturated rings. The van der Waals surface area contributed by atoms with E-state index in [-0.39, 0.29) is 49.8 Å². The number of carbonyl (C=O) groups excluding carboxylic acids is 2. The van der Waals surface area contributed by atoms with Gasteiger partial charge in [-0.2, -0.15) is 0 Å². The summed E-state index contributed by atoms with van der Waals surface area (Å²) in [5, 5.41) is 26.0. The van der Waals surface area contributed by atoms with E-state index in [1.54, 1.807) is 11.3 Å². The molecule has 3 aromatic rings. The summed E-state index contributed by atoms with van der Waals surface area (Å²) in [4.78, 5) is 33.5. The molecule has 10 nitrogen and oxygen atoms in total. The van der Waals surface area contributed by atoms with E-state index in [0.29, 0.717) is 12.3 Å². The van der Waals surface area contributed by atoms with Crippen molar-refractivity contribution in [3.8, 4) is 16.3 Å². The number of likely N-dealkylation sites (tertiary alicyclic amines) is 1. The Balaban J connectivity index is 1.42. The molecule has 2 aromatic heterocycles. The second-order valence-corrected chi connectivity index (χ2v) is 10.3. The largest absolute Gasteiger partial charge is 0.473 e. The molecular formula is C26H32N4O6S. The van der Waals surface area contributed by atoms with E-state index in [0.717, 1.165) is 21.7 Å². The molecule has 1 aliphatic heterocycles. The normalized spacial score (nSPS) is 18.3. The molecule has 1 aliphatic rings. The Hall–Kier alpha value is -3.28. The lowest BCUT2D eigenvalue weighted by molar-refractivity contribution is -0.141. The smallest absolute Gasteiger partial charge is 0.254 e. The van der Waals surface area contributed by atoms with Crippen molar-refractivity contribution in [2.75, 3.05) is 19.8 Å². The SMILES string of the molecule is Cc1ncsc1-c1ccc(CNC(=O)[C@@H]2C[C@@H](O)CN2C(=O)C(c2cc(OCCO)no2)C(C)C)cc1. The molecule has 198 valence electrons. The Morgan fingerprint density at radius 2 is 2.05 bits per heavy atom. The number of β-amino-alcohol motifs (C(OH)–C–C–N with tert-alkyl or cyclic N) is 1. The van der Waals surface area contributed by atoms with Crippen LogP contribution < -0.4 is 10.1 Å². The van der Waals surface area contributed by atoms with Gasteiger partial charge in [0.15, 0.2) is 5.76 Å². The van der Waals surface area contributed by atoms with Crippen LogP contribution in [0.15, 0.2) is 40.4 Å². The highest BCUT2D eigenvalue weighted by Gasteiger charge is 2.43. The number of nitrogens with zero attached hydrogens (tertiary/aromatic N) is 3. The number of rotatable bonds is 10. The van der Waals surface area contributed by atoms with Gasteiger partial charge in [0.25, 0.3) is 5.88 Å². The van der Waals surface area contributed by atoms with Crippen LogP contribution in [0.1, 0.15) is 43.2 Å². The molecule has 1 unspecified atom stereocenters. The summed E-state index contributed by atoms with van der Waals surface area (Å²) < 4.78 is 10.6. The van der Waals surface area contributed by atoms with Crippen molar-refractivity contribution >= 4 is 23.2 Å². The van der Waals surface area contributed by atoms with E-state index in [4.69, 9.17) is 14.4 Å². The number of nitrogens with one attached hydrogen (secondary N) is 1.